The zero-order chi connectivity index (χ0) is 11.4. The van der Waals surface area contributed by atoms with Crippen molar-refractivity contribution in [3.63, 3.8) is 0 Å². The Morgan fingerprint density at radius 1 is 1.60 bits per heavy atom. The normalized spacial score (nSPS) is 12.3. The number of halogens is 1. The Kier molecular flexibility index (Phi) is 4.29. The van der Waals surface area contributed by atoms with E-state index in [4.69, 9.17) is 5.11 Å². The van der Waals surface area contributed by atoms with E-state index in [1.54, 1.807) is 6.92 Å². The van der Waals surface area contributed by atoms with Crippen molar-refractivity contribution in [2.75, 3.05) is 6.54 Å². The Hall–Kier alpha value is -0.870. The van der Waals surface area contributed by atoms with Gasteiger partial charge in [0.25, 0.3) is 5.91 Å². The third-order valence-corrected chi connectivity index (χ3v) is 2.62. The Balaban J connectivity index is 2.77. The van der Waals surface area contributed by atoms with Crippen LogP contribution in [0.1, 0.15) is 22.8 Å². The van der Waals surface area contributed by atoms with Gasteiger partial charge >= 0.3 is 0 Å². The van der Waals surface area contributed by atoms with Crippen LogP contribution in [0.2, 0.25) is 0 Å². The van der Waals surface area contributed by atoms with E-state index in [-0.39, 0.29) is 12.5 Å². The van der Waals surface area contributed by atoms with E-state index in [9.17, 15) is 4.79 Å². The first-order valence-corrected chi connectivity index (χ1v) is 5.52. The molecule has 0 aliphatic carbocycles. The molecule has 1 aromatic rings. The van der Waals surface area contributed by atoms with Crippen molar-refractivity contribution in [2.45, 2.75) is 20.0 Å². The van der Waals surface area contributed by atoms with Crippen molar-refractivity contribution in [1.82, 2.24) is 5.32 Å². The summed E-state index contributed by atoms with van der Waals surface area (Å²) in [5.41, 5.74) is 1.62. The molecule has 0 saturated carbocycles. The minimum Gasteiger partial charge on any atom is -0.392 e. The number of hydrogen-bond acceptors (Lipinski definition) is 2. The van der Waals surface area contributed by atoms with Crippen molar-refractivity contribution in [3.05, 3.63) is 33.8 Å². The highest BCUT2D eigenvalue weighted by atomic mass is 79.9. The predicted molar refractivity (Wildman–Crippen MR) is 62.9 cm³/mol. The standard InChI is InChI=1S/C11H14BrNO2/c1-7-3-4-10(12)9(5-7)11(15)13-6-8(2)14/h3-5,8,14H,6H2,1-2H3,(H,13,15). The first-order chi connectivity index (χ1) is 7.00. The molecule has 1 unspecified atom stereocenters. The monoisotopic (exact) mass is 271 g/mol. The Morgan fingerprint density at radius 2 is 2.27 bits per heavy atom. The van der Waals surface area contributed by atoms with Gasteiger partial charge in [-0.1, -0.05) is 11.6 Å². The quantitative estimate of drug-likeness (QED) is 0.882. The van der Waals surface area contributed by atoms with Crippen LogP contribution in [-0.4, -0.2) is 23.7 Å². The van der Waals surface area contributed by atoms with E-state index >= 15 is 0 Å². The maximum atomic E-state index is 11.7. The minimum absolute atomic E-state index is 0.175. The summed E-state index contributed by atoms with van der Waals surface area (Å²) in [5, 5.41) is 11.7. The minimum atomic E-state index is -0.530. The van der Waals surface area contributed by atoms with Crippen LogP contribution in [0.15, 0.2) is 22.7 Å². The lowest BCUT2D eigenvalue weighted by Gasteiger charge is -2.09. The molecule has 1 aromatic carbocycles. The average molecular weight is 272 g/mol. The fourth-order valence-corrected chi connectivity index (χ4v) is 1.58. The molecule has 0 bridgehead atoms. The molecule has 1 amide bonds. The molecule has 2 N–H and O–H groups in total. The number of carbonyl (C=O) groups is 1. The number of amides is 1. The number of benzene rings is 1. The zero-order valence-electron chi connectivity index (χ0n) is 8.75. The van der Waals surface area contributed by atoms with Crippen LogP contribution in [0.3, 0.4) is 0 Å². The van der Waals surface area contributed by atoms with E-state index < -0.39 is 6.10 Å². The highest BCUT2D eigenvalue weighted by Crippen LogP contribution is 2.17. The van der Waals surface area contributed by atoms with Gasteiger partial charge in [0, 0.05) is 11.0 Å². The molecule has 1 rings (SSSR count). The molecule has 0 fully saturated rings. The van der Waals surface area contributed by atoms with Gasteiger partial charge in [0.05, 0.1) is 11.7 Å². The molecule has 4 heteroatoms. The van der Waals surface area contributed by atoms with Crippen molar-refractivity contribution >= 4 is 21.8 Å². The summed E-state index contributed by atoms with van der Waals surface area (Å²) in [4.78, 5) is 11.7. The molecular formula is C11H14BrNO2. The van der Waals surface area contributed by atoms with Crippen molar-refractivity contribution in [3.8, 4) is 0 Å². The molecular weight excluding hydrogens is 258 g/mol. The molecule has 82 valence electrons. The van der Waals surface area contributed by atoms with Crippen LogP contribution in [0.25, 0.3) is 0 Å². The summed E-state index contributed by atoms with van der Waals surface area (Å²) < 4.78 is 0.760. The maximum absolute atomic E-state index is 11.7. The molecule has 0 radical (unpaired) electrons. The lowest BCUT2D eigenvalue weighted by atomic mass is 10.1. The number of hydrogen-bond donors (Lipinski definition) is 2. The van der Waals surface area contributed by atoms with Crippen LogP contribution in [0, 0.1) is 6.92 Å². The van der Waals surface area contributed by atoms with Crippen LogP contribution in [0.5, 0.6) is 0 Å². The predicted octanol–water partition coefficient (Wildman–Crippen LogP) is 1.87. The van der Waals surface area contributed by atoms with Gasteiger partial charge < -0.3 is 10.4 Å². The Labute approximate surface area is 97.6 Å². The number of nitrogens with one attached hydrogen (secondary N) is 1. The van der Waals surface area contributed by atoms with E-state index in [0.29, 0.717) is 5.56 Å². The van der Waals surface area contributed by atoms with Crippen molar-refractivity contribution < 1.29 is 9.90 Å². The molecule has 0 spiro atoms. The van der Waals surface area contributed by atoms with Gasteiger partial charge in [-0.25, -0.2) is 0 Å². The van der Waals surface area contributed by atoms with Gasteiger partial charge in [-0.2, -0.15) is 0 Å². The molecule has 15 heavy (non-hydrogen) atoms. The first kappa shape index (κ1) is 12.2. The van der Waals surface area contributed by atoms with E-state index in [1.165, 1.54) is 0 Å². The summed E-state index contributed by atoms with van der Waals surface area (Å²) in [6.07, 6.45) is -0.530. The van der Waals surface area contributed by atoms with E-state index in [2.05, 4.69) is 21.2 Å². The lowest BCUT2D eigenvalue weighted by Crippen LogP contribution is -2.30. The number of aliphatic hydroxyl groups excluding tert-OH is 1. The SMILES string of the molecule is Cc1ccc(Br)c(C(=O)NCC(C)O)c1. The Bertz CT molecular complexity index is 364. The fourth-order valence-electron chi connectivity index (χ4n) is 1.15. The molecule has 0 saturated heterocycles. The zero-order valence-corrected chi connectivity index (χ0v) is 10.3. The first-order valence-electron chi connectivity index (χ1n) is 4.73. The van der Waals surface area contributed by atoms with Crippen LogP contribution in [-0.2, 0) is 0 Å². The van der Waals surface area contributed by atoms with Crippen LogP contribution in [0.4, 0.5) is 0 Å². The lowest BCUT2D eigenvalue weighted by molar-refractivity contribution is 0.0923. The Morgan fingerprint density at radius 3 is 2.87 bits per heavy atom. The summed E-state index contributed by atoms with van der Waals surface area (Å²) in [6.45, 7) is 3.82. The summed E-state index contributed by atoms with van der Waals surface area (Å²) in [7, 11) is 0. The van der Waals surface area contributed by atoms with Crippen LogP contribution < -0.4 is 5.32 Å². The van der Waals surface area contributed by atoms with Gasteiger partial charge in [0.1, 0.15) is 0 Å². The number of carbonyl (C=O) groups excluding carboxylic acids is 1. The molecule has 0 aromatic heterocycles. The smallest absolute Gasteiger partial charge is 0.252 e. The second-order valence-electron chi connectivity index (χ2n) is 3.54. The van der Waals surface area contributed by atoms with Gasteiger partial charge in [-0.3, -0.25) is 4.79 Å². The third-order valence-electron chi connectivity index (χ3n) is 1.92. The van der Waals surface area contributed by atoms with Gasteiger partial charge in [0.15, 0.2) is 0 Å². The molecule has 0 aliphatic heterocycles. The molecule has 0 heterocycles. The number of aliphatic hydroxyl groups is 1. The van der Waals surface area contributed by atoms with Gasteiger partial charge in [0.2, 0.25) is 0 Å². The fraction of sp³-hybridized carbons (Fsp3) is 0.364. The summed E-state index contributed by atoms with van der Waals surface area (Å²) >= 11 is 3.31. The van der Waals surface area contributed by atoms with Crippen molar-refractivity contribution in [1.29, 1.82) is 0 Å². The average Bonchev–Trinajstić information content (AvgIpc) is 2.18. The molecule has 1 atom stereocenters. The second-order valence-corrected chi connectivity index (χ2v) is 4.40. The maximum Gasteiger partial charge on any atom is 0.252 e. The van der Waals surface area contributed by atoms with Gasteiger partial charge in [-0.05, 0) is 41.9 Å². The van der Waals surface area contributed by atoms with Crippen molar-refractivity contribution in [2.24, 2.45) is 0 Å². The molecule has 3 nitrogen and oxygen atoms in total. The third kappa shape index (κ3) is 3.64. The van der Waals surface area contributed by atoms with Crippen LogP contribution >= 0.6 is 15.9 Å². The summed E-state index contributed by atoms with van der Waals surface area (Å²) in [5.74, 6) is -0.175. The van der Waals surface area contributed by atoms with E-state index in [1.807, 2.05) is 25.1 Å². The number of rotatable bonds is 3. The molecule has 0 aliphatic rings. The summed E-state index contributed by atoms with van der Waals surface area (Å²) in [6, 6.07) is 5.57. The number of aryl methyl sites for hydroxylation is 1. The van der Waals surface area contributed by atoms with E-state index in [0.717, 1.165) is 10.0 Å². The largest absolute Gasteiger partial charge is 0.392 e. The van der Waals surface area contributed by atoms with Gasteiger partial charge in [-0.15, -0.1) is 0 Å². The second kappa shape index (κ2) is 5.28. The highest BCUT2D eigenvalue weighted by Gasteiger charge is 2.10. The topological polar surface area (TPSA) is 49.3 Å². The highest BCUT2D eigenvalue weighted by molar-refractivity contribution is 9.10.